The Morgan fingerprint density at radius 1 is 1.44 bits per heavy atom. The van der Waals surface area contributed by atoms with Gasteiger partial charge in [0.2, 0.25) is 0 Å². The molecule has 0 atom stereocenters. The van der Waals surface area contributed by atoms with Gasteiger partial charge >= 0.3 is 0 Å². The zero-order valence-electron chi connectivity index (χ0n) is 9.79. The molecular weight excluding hydrogens is 266 g/mol. The van der Waals surface area contributed by atoms with Crippen molar-refractivity contribution in [1.82, 2.24) is 9.36 Å². The van der Waals surface area contributed by atoms with Gasteiger partial charge in [0.15, 0.2) is 4.34 Å². The number of nitriles is 1. The maximum atomic E-state index is 8.90. The SMILES string of the molecule is Cc1nsc(SCCOc2ccccc2C#N)n1. The van der Waals surface area contributed by atoms with Crippen LogP contribution < -0.4 is 4.74 Å². The van der Waals surface area contributed by atoms with Crippen LogP contribution in [-0.2, 0) is 0 Å². The van der Waals surface area contributed by atoms with Gasteiger partial charge in [0.25, 0.3) is 0 Å². The second-order valence-corrected chi connectivity index (χ2v) is 5.51. The van der Waals surface area contributed by atoms with Crippen LogP contribution in [-0.4, -0.2) is 21.7 Å². The maximum Gasteiger partial charge on any atom is 0.170 e. The summed E-state index contributed by atoms with van der Waals surface area (Å²) in [5.41, 5.74) is 0.564. The lowest BCUT2D eigenvalue weighted by Gasteiger charge is -2.06. The van der Waals surface area contributed by atoms with Crippen molar-refractivity contribution in [3.8, 4) is 11.8 Å². The summed E-state index contributed by atoms with van der Waals surface area (Å²) in [4.78, 5) is 4.25. The average molecular weight is 277 g/mol. The number of benzene rings is 1. The first-order valence-corrected chi connectivity index (χ1v) is 7.10. The van der Waals surface area contributed by atoms with Crippen LogP contribution in [0.2, 0.25) is 0 Å². The minimum atomic E-state index is 0.544. The molecule has 6 heteroatoms. The molecule has 0 aliphatic rings. The van der Waals surface area contributed by atoms with E-state index >= 15 is 0 Å². The molecule has 0 N–H and O–H groups in total. The Kier molecular flexibility index (Phi) is 4.56. The van der Waals surface area contributed by atoms with Crippen LogP contribution in [0.4, 0.5) is 0 Å². The fourth-order valence-corrected chi connectivity index (χ4v) is 2.84. The molecule has 0 saturated heterocycles. The summed E-state index contributed by atoms with van der Waals surface area (Å²) in [5.74, 6) is 2.22. The predicted molar refractivity (Wildman–Crippen MR) is 72.0 cm³/mol. The van der Waals surface area contributed by atoms with Gasteiger partial charge in [0.05, 0.1) is 12.2 Å². The molecule has 0 fully saturated rings. The fourth-order valence-electron chi connectivity index (χ4n) is 1.30. The third-order valence-corrected chi connectivity index (χ3v) is 3.97. The molecule has 4 nitrogen and oxygen atoms in total. The lowest BCUT2D eigenvalue weighted by atomic mass is 10.2. The summed E-state index contributed by atoms with van der Waals surface area (Å²) in [5, 5.41) is 8.90. The fraction of sp³-hybridized carbons (Fsp3) is 0.250. The number of thioether (sulfide) groups is 1. The normalized spacial score (nSPS) is 10.0. The van der Waals surface area contributed by atoms with Crippen molar-refractivity contribution in [2.75, 3.05) is 12.4 Å². The number of nitrogens with zero attached hydrogens (tertiary/aromatic N) is 3. The van der Waals surface area contributed by atoms with E-state index in [1.807, 2.05) is 19.1 Å². The Morgan fingerprint density at radius 3 is 3.00 bits per heavy atom. The number of ether oxygens (including phenoxy) is 1. The summed E-state index contributed by atoms with van der Waals surface area (Å²) in [7, 11) is 0. The standard InChI is InChI=1S/C12H11N3OS2/c1-9-14-12(18-15-9)17-7-6-16-11-5-3-2-4-10(11)8-13/h2-5H,6-7H2,1H3. The molecule has 2 aromatic rings. The average Bonchev–Trinajstić information content (AvgIpc) is 2.81. The van der Waals surface area contributed by atoms with Crippen molar-refractivity contribution in [1.29, 1.82) is 5.26 Å². The zero-order chi connectivity index (χ0) is 12.8. The Morgan fingerprint density at radius 2 is 2.28 bits per heavy atom. The van der Waals surface area contributed by atoms with Crippen molar-refractivity contribution in [3.05, 3.63) is 35.7 Å². The number of hydrogen-bond donors (Lipinski definition) is 0. The van der Waals surface area contributed by atoms with Crippen molar-refractivity contribution >= 4 is 23.3 Å². The van der Waals surface area contributed by atoms with Crippen LogP contribution >= 0.6 is 23.3 Å². The Hall–Kier alpha value is -1.58. The Bertz CT molecular complexity index is 562. The van der Waals surface area contributed by atoms with E-state index in [1.54, 1.807) is 23.9 Å². The van der Waals surface area contributed by atoms with Gasteiger partial charge in [-0.05, 0) is 30.6 Å². The first-order valence-electron chi connectivity index (χ1n) is 5.34. The number of hydrogen-bond acceptors (Lipinski definition) is 6. The molecule has 0 amide bonds. The minimum absolute atomic E-state index is 0.544. The second-order valence-electron chi connectivity index (χ2n) is 3.41. The highest BCUT2D eigenvalue weighted by molar-refractivity contribution is 8.00. The van der Waals surface area contributed by atoms with Gasteiger partial charge in [0.1, 0.15) is 17.6 Å². The smallest absolute Gasteiger partial charge is 0.170 e. The molecule has 0 spiro atoms. The first-order chi connectivity index (χ1) is 8.79. The molecule has 0 aliphatic heterocycles. The van der Waals surface area contributed by atoms with E-state index in [4.69, 9.17) is 10.00 Å². The van der Waals surface area contributed by atoms with Gasteiger partial charge in [0, 0.05) is 5.75 Å². The van der Waals surface area contributed by atoms with Crippen LogP contribution in [0.3, 0.4) is 0 Å². The summed E-state index contributed by atoms with van der Waals surface area (Å²) in [6, 6.07) is 9.34. The van der Waals surface area contributed by atoms with Gasteiger partial charge in [-0.15, -0.1) is 0 Å². The highest BCUT2D eigenvalue weighted by Gasteiger charge is 2.03. The first kappa shape index (κ1) is 12.9. The van der Waals surface area contributed by atoms with E-state index in [1.165, 1.54) is 11.5 Å². The van der Waals surface area contributed by atoms with Crippen molar-refractivity contribution in [2.24, 2.45) is 0 Å². The zero-order valence-corrected chi connectivity index (χ0v) is 11.4. The maximum absolute atomic E-state index is 8.90. The predicted octanol–water partition coefficient (Wildman–Crippen LogP) is 2.89. The van der Waals surface area contributed by atoms with Crippen LogP contribution in [0, 0.1) is 18.3 Å². The van der Waals surface area contributed by atoms with E-state index in [-0.39, 0.29) is 0 Å². The lowest BCUT2D eigenvalue weighted by Crippen LogP contribution is -2.01. The van der Waals surface area contributed by atoms with Crippen molar-refractivity contribution in [3.63, 3.8) is 0 Å². The van der Waals surface area contributed by atoms with Gasteiger partial charge in [-0.2, -0.15) is 9.64 Å². The molecular formula is C12H11N3OS2. The molecule has 0 saturated carbocycles. The molecule has 0 bridgehead atoms. The van der Waals surface area contributed by atoms with Crippen LogP contribution in [0.15, 0.2) is 28.6 Å². The third kappa shape index (κ3) is 3.45. The molecule has 18 heavy (non-hydrogen) atoms. The molecule has 1 aromatic heterocycles. The van der Waals surface area contributed by atoms with Crippen molar-refractivity contribution < 1.29 is 4.74 Å². The number of rotatable bonds is 5. The Balaban J connectivity index is 1.80. The van der Waals surface area contributed by atoms with Crippen LogP contribution in [0.5, 0.6) is 5.75 Å². The lowest BCUT2D eigenvalue weighted by molar-refractivity contribution is 0.343. The topological polar surface area (TPSA) is 58.8 Å². The highest BCUT2D eigenvalue weighted by atomic mass is 32.2. The second kappa shape index (κ2) is 6.38. The van der Waals surface area contributed by atoms with Crippen molar-refractivity contribution in [2.45, 2.75) is 11.3 Å². The van der Waals surface area contributed by atoms with Gasteiger partial charge in [-0.25, -0.2) is 4.98 Å². The number of para-hydroxylation sites is 1. The largest absolute Gasteiger partial charge is 0.491 e. The van der Waals surface area contributed by atoms with Gasteiger partial charge < -0.3 is 4.74 Å². The molecule has 92 valence electrons. The third-order valence-electron chi connectivity index (χ3n) is 2.08. The van der Waals surface area contributed by atoms with E-state index in [0.29, 0.717) is 17.9 Å². The minimum Gasteiger partial charge on any atom is -0.491 e. The van der Waals surface area contributed by atoms with Gasteiger partial charge in [-0.1, -0.05) is 23.9 Å². The van der Waals surface area contributed by atoms with E-state index < -0.39 is 0 Å². The van der Waals surface area contributed by atoms with Gasteiger partial charge in [-0.3, -0.25) is 0 Å². The van der Waals surface area contributed by atoms with E-state index in [2.05, 4.69) is 15.4 Å². The monoisotopic (exact) mass is 277 g/mol. The quantitative estimate of drug-likeness (QED) is 0.621. The Labute approximate surface area is 114 Å². The number of aryl methyl sites for hydroxylation is 1. The summed E-state index contributed by atoms with van der Waals surface area (Å²) in [6.45, 7) is 2.42. The summed E-state index contributed by atoms with van der Waals surface area (Å²) >= 11 is 3.01. The molecule has 2 rings (SSSR count). The molecule has 0 aliphatic carbocycles. The molecule has 0 unspecified atom stereocenters. The molecule has 1 aromatic carbocycles. The molecule has 1 heterocycles. The highest BCUT2D eigenvalue weighted by Crippen LogP contribution is 2.21. The van der Waals surface area contributed by atoms with E-state index in [9.17, 15) is 0 Å². The molecule has 0 radical (unpaired) electrons. The summed E-state index contributed by atoms with van der Waals surface area (Å²) < 4.78 is 10.6. The van der Waals surface area contributed by atoms with Crippen LogP contribution in [0.1, 0.15) is 11.4 Å². The summed E-state index contributed by atoms with van der Waals surface area (Å²) in [6.07, 6.45) is 0. The van der Waals surface area contributed by atoms with E-state index in [0.717, 1.165) is 15.9 Å². The van der Waals surface area contributed by atoms with Crippen LogP contribution in [0.25, 0.3) is 0 Å². The number of aromatic nitrogens is 2.